The molecule has 3 nitrogen and oxygen atoms in total. The average molecular weight is 361 g/mol. The molecule has 0 spiro atoms. The Kier molecular flexibility index (Phi) is 3.80. The van der Waals surface area contributed by atoms with Crippen molar-refractivity contribution in [2.45, 2.75) is 18.9 Å². The molecule has 1 saturated carbocycles. The highest BCUT2D eigenvalue weighted by Gasteiger charge is 2.60. The van der Waals surface area contributed by atoms with Crippen LogP contribution in [0.4, 0.5) is 4.39 Å². The van der Waals surface area contributed by atoms with Crippen molar-refractivity contribution in [3.8, 4) is 11.8 Å². The molecule has 1 N–H and O–H groups in total. The summed E-state index contributed by atoms with van der Waals surface area (Å²) in [5, 5.41) is 9.19. The van der Waals surface area contributed by atoms with Crippen molar-refractivity contribution in [1.82, 2.24) is 4.90 Å². The summed E-state index contributed by atoms with van der Waals surface area (Å²) in [4.78, 5) is 13.6. The summed E-state index contributed by atoms with van der Waals surface area (Å²) in [6.45, 7) is 1.82. The number of likely N-dealkylation sites (tertiary alicyclic amines) is 1. The second-order valence-electron chi connectivity index (χ2n) is 7.87. The largest absolute Gasteiger partial charge is 0.481 e. The van der Waals surface area contributed by atoms with Crippen LogP contribution in [0, 0.1) is 35.4 Å². The first kappa shape index (κ1) is 16.5. The van der Waals surface area contributed by atoms with E-state index in [1.807, 2.05) is 12.1 Å². The number of piperidine rings is 1. The average Bonchev–Trinajstić information content (AvgIpc) is 3.00. The Morgan fingerprint density at radius 3 is 2.52 bits per heavy atom. The monoisotopic (exact) mass is 361 g/mol. The van der Waals surface area contributed by atoms with Crippen LogP contribution in [0.5, 0.6) is 0 Å². The lowest BCUT2D eigenvalue weighted by molar-refractivity contribution is -0.139. The van der Waals surface area contributed by atoms with Gasteiger partial charge in [-0.1, -0.05) is 24.0 Å². The molecule has 3 atom stereocenters. The molecule has 27 heavy (non-hydrogen) atoms. The molecule has 1 heterocycles. The number of hydrogen-bond donors (Lipinski definition) is 1. The van der Waals surface area contributed by atoms with Crippen molar-refractivity contribution in [2.24, 2.45) is 17.8 Å². The van der Waals surface area contributed by atoms with Gasteiger partial charge in [0, 0.05) is 30.3 Å². The summed E-state index contributed by atoms with van der Waals surface area (Å²) in [5.41, 5.74) is 4.33. The fourth-order valence-electron chi connectivity index (χ4n) is 4.94. The summed E-state index contributed by atoms with van der Waals surface area (Å²) < 4.78 is 13.3. The molecule has 3 unspecified atom stereocenters. The number of hydrogen-bond acceptors (Lipinski definition) is 2. The number of halogens is 1. The Bertz CT molecular complexity index is 977. The van der Waals surface area contributed by atoms with Gasteiger partial charge < -0.3 is 5.11 Å². The highest BCUT2D eigenvalue weighted by molar-refractivity contribution is 5.74. The van der Waals surface area contributed by atoms with Gasteiger partial charge in [0.15, 0.2) is 0 Å². The van der Waals surface area contributed by atoms with Crippen molar-refractivity contribution in [2.75, 3.05) is 13.1 Å². The quantitative estimate of drug-likeness (QED) is 0.833. The van der Waals surface area contributed by atoms with Crippen LogP contribution in [-0.4, -0.2) is 29.1 Å². The Morgan fingerprint density at radius 1 is 1.07 bits per heavy atom. The van der Waals surface area contributed by atoms with Gasteiger partial charge in [-0.2, -0.15) is 0 Å². The lowest BCUT2D eigenvalue weighted by Crippen LogP contribution is -2.29. The SMILES string of the molecule is O=C(O)C1C2CN(C3CCc4cc(C#Cc5cccc(F)c5)ccc43)CC21. The van der Waals surface area contributed by atoms with Gasteiger partial charge >= 0.3 is 5.97 Å². The minimum absolute atomic E-state index is 0.109. The van der Waals surface area contributed by atoms with Gasteiger partial charge in [0.25, 0.3) is 0 Å². The van der Waals surface area contributed by atoms with Crippen LogP contribution in [-0.2, 0) is 11.2 Å². The van der Waals surface area contributed by atoms with Gasteiger partial charge in [-0.25, -0.2) is 4.39 Å². The molecule has 2 aromatic carbocycles. The lowest BCUT2D eigenvalue weighted by Gasteiger charge is -2.27. The molecule has 0 bridgehead atoms. The molecule has 3 aliphatic rings. The zero-order valence-corrected chi connectivity index (χ0v) is 14.9. The molecule has 1 aliphatic heterocycles. The van der Waals surface area contributed by atoms with Crippen LogP contribution in [0.15, 0.2) is 42.5 Å². The molecule has 0 aromatic heterocycles. The van der Waals surface area contributed by atoms with Crippen LogP contribution in [0.1, 0.15) is 34.7 Å². The van der Waals surface area contributed by atoms with E-state index < -0.39 is 5.97 Å². The number of nitrogens with zero attached hydrogens (tertiary/aromatic N) is 1. The molecule has 5 rings (SSSR count). The predicted molar refractivity (Wildman–Crippen MR) is 99.6 cm³/mol. The number of carboxylic acid groups (broad SMARTS) is 1. The molecule has 2 aliphatic carbocycles. The maximum atomic E-state index is 13.3. The minimum Gasteiger partial charge on any atom is -0.481 e. The van der Waals surface area contributed by atoms with Crippen LogP contribution >= 0.6 is 0 Å². The van der Waals surface area contributed by atoms with Crippen molar-refractivity contribution in [1.29, 1.82) is 0 Å². The zero-order valence-electron chi connectivity index (χ0n) is 14.9. The molecular formula is C23H20FNO2. The number of aliphatic carboxylic acids is 1. The van der Waals surface area contributed by atoms with E-state index in [1.165, 1.54) is 23.3 Å². The molecule has 1 saturated heterocycles. The second kappa shape index (κ2) is 6.21. The number of rotatable bonds is 2. The van der Waals surface area contributed by atoms with Gasteiger partial charge in [-0.3, -0.25) is 9.69 Å². The van der Waals surface area contributed by atoms with Crippen molar-refractivity contribution in [3.63, 3.8) is 0 Å². The Morgan fingerprint density at radius 2 is 1.81 bits per heavy atom. The van der Waals surface area contributed by atoms with Crippen molar-refractivity contribution >= 4 is 5.97 Å². The topological polar surface area (TPSA) is 40.5 Å². The highest BCUT2D eigenvalue weighted by atomic mass is 19.1. The Hall–Kier alpha value is -2.64. The van der Waals surface area contributed by atoms with Gasteiger partial charge in [0.2, 0.25) is 0 Å². The van der Waals surface area contributed by atoms with E-state index in [4.69, 9.17) is 0 Å². The van der Waals surface area contributed by atoms with E-state index in [0.29, 0.717) is 23.4 Å². The van der Waals surface area contributed by atoms with E-state index in [0.717, 1.165) is 31.5 Å². The number of benzene rings is 2. The zero-order chi connectivity index (χ0) is 18.5. The molecular weight excluding hydrogens is 341 g/mol. The van der Waals surface area contributed by atoms with Crippen LogP contribution in [0.2, 0.25) is 0 Å². The van der Waals surface area contributed by atoms with Crippen molar-refractivity contribution in [3.05, 3.63) is 70.5 Å². The normalized spacial score (nSPS) is 28.2. The fourth-order valence-corrected chi connectivity index (χ4v) is 4.94. The first-order valence-electron chi connectivity index (χ1n) is 9.47. The van der Waals surface area contributed by atoms with Crippen LogP contribution < -0.4 is 0 Å². The first-order valence-corrected chi connectivity index (χ1v) is 9.47. The number of fused-ring (bicyclic) bond motifs is 2. The highest BCUT2D eigenvalue weighted by Crippen LogP contribution is 2.54. The third-order valence-electron chi connectivity index (χ3n) is 6.31. The van der Waals surface area contributed by atoms with Gasteiger partial charge in [-0.15, -0.1) is 0 Å². The van der Waals surface area contributed by atoms with E-state index in [9.17, 15) is 14.3 Å². The molecule has 4 heteroatoms. The summed E-state index contributed by atoms with van der Waals surface area (Å²) >= 11 is 0. The molecule has 0 radical (unpaired) electrons. The van der Waals surface area contributed by atoms with Gasteiger partial charge in [-0.05, 0) is 66.1 Å². The van der Waals surface area contributed by atoms with Crippen molar-refractivity contribution < 1.29 is 14.3 Å². The minimum atomic E-state index is -0.627. The molecule has 2 aromatic rings. The lowest BCUT2D eigenvalue weighted by atomic mass is 10.0. The van der Waals surface area contributed by atoms with E-state index >= 15 is 0 Å². The number of carbonyl (C=O) groups is 1. The van der Waals surface area contributed by atoms with E-state index in [2.05, 4.69) is 28.9 Å². The van der Waals surface area contributed by atoms with E-state index in [-0.39, 0.29) is 11.7 Å². The first-order chi connectivity index (χ1) is 13.1. The number of aryl methyl sites for hydroxylation is 1. The third kappa shape index (κ3) is 2.93. The van der Waals surface area contributed by atoms with Gasteiger partial charge in [0.05, 0.1) is 5.92 Å². The maximum absolute atomic E-state index is 13.3. The molecule has 136 valence electrons. The third-order valence-corrected chi connectivity index (χ3v) is 6.31. The van der Waals surface area contributed by atoms with Gasteiger partial charge in [0.1, 0.15) is 5.82 Å². The van der Waals surface area contributed by atoms with Crippen LogP contribution in [0.25, 0.3) is 0 Å². The summed E-state index contributed by atoms with van der Waals surface area (Å²) in [6, 6.07) is 13.1. The van der Waals surface area contributed by atoms with Crippen LogP contribution in [0.3, 0.4) is 0 Å². The van der Waals surface area contributed by atoms with E-state index in [1.54, 1.807) is 6.07 Å². The Labute approximate surface area is 157 Å². The summed E-state index contributed by atoms with van der Waals surface area (Å²) in [6.07, 6.45) is 2.12. The molecule has 0 amide bonds. The smallest absolute Gasteiger partial charge is 0.307 e. The second-order valence-corrected chi connectivity index (χ2v) is 7.87. The molecule has 2 fully saturated rings. The fraction of sp³-hybridized carbons (Fsp3) is 0.348. The Balaban J connectivity index is 1.31. The predicted octanol–water partition coefficient (Wildman–Crippen LogP) is 3.48. The standard InChI is InChI=1S/C23H20FNO2/c24-17-3-1-2-14(11-17)4-5-15-6-8-18-16(10-15)7-9-21(18)25-12-19-20(13-25)22(19)23(26)27/h1-3,6,8,10-11,19-22H,7,9,12-13H2,(H,26,27). The maximum Gasteiger partial charge on any atom is 0.307 e. The number of carboxylic acids is 1. The summed E-state index contributed by atoms with van der Waals surface area (Å²) in [7, 11) is 0. The summed E-state index contributed by atoms with van der Waals surface area (Å²) in [5.74, 6) is 5.86.